The molecule has 0 aromatic rings. The van der Waals surface area contributed by atoms with Crippen LogP contribution in [0, 0.1) is 5.92 Å². The van der Waals surface area contributed by atoms with E-state index in [4.69, 9.17) is 10.5 Å². The zero-order chi connectivity index (χ0) is 12.2. The monoisotopic (exact) mass is 251 g/mol. The molecule has 1 heterocycles. The third-order valence-electron chi connectivity index (χ3n) is 2.67. The highest BCUT2D eigenvalue weighted by atomic mass is 32.2. The van der Waals surface area contributed by atoms with Gasteiger partial charge in [-0.15, -0.1) is 0 Å². The zero-order valence-electron chi connectivity index (χ0n) is 9.85. The molecule has 0 radical (unpaired) electrons. The van der Waals surface area contributed by atoms with E-state index < -0.39 is 10.2 Å². The van der Waals surface area contributed by atoms with Crippen molar-refractivity contribution in [3.05, 3.63) is 0 Å². The van der Waals surface area contributed by atoms with Crippen molar-refractivity contribution in [1.29, 1.82) is 0 Å². The molecule has 1 fully saturated rings. The van der Waals surface area contributed by atoms with Crippen LogP contribution in [0.15, 0.2) is 0 Å². The number of hydrogen-bond acceptors (Lipinski definition) is 4. The van der Waals surface area contributed by atoms with E-state index in [2.05, 4.69) is 4.72 Å². The first-order valence-electron chi connectivity index (χ1n) is 5.52. The topological polar surface area (TPSA) is 84.7 Å². The Kier molecular flexibility index (Phi) is 5.13. The van der Waals surface area contributed by atoms with Crippen molar-refractivity contribution in [1.82, 2.24) is 9.03 Å². The van der Waals surface area contributed by atoms with Gasteiger partial charge in [0, 0.05) is 25.7 Å². The van der Waals surface area contributed by atoms with Crippen molar-refractivity contribution in [2.24, 2.45) is 11.7 Å². The molecule has 0 aromatic carbocycles. The van der Waals surface area contributed by atoms with Gasteiger partial charge in [-0.1, -0.05) is 13.8 Å². The molecule has 0 amide bonds. The maximum Gasteiger partial charge on any atom is 0.279 e. The summed E-state index contributed by atoms with van der Waals surface area (Å²) < 4.78 is 33.1. The second kappa shape index (κ2) is 5.92. The molecule has 0 aliphatic carbocycles. The number of rotatable bonds is 5. The molecule has 7 heteroatoms. The molecule has 1 atom stereocenters. The normalized spacial score (nSPS) is 21.2. The standard InChI is InChI=1S/C9H21N3O3S/c1-8(2)9(7-10)11-16(13,14)12-3-5-15-6-4-12/h8-9,11H,3-7,10H2,1-2H3. The third kappa shape index (κ3) is 3.67. The van der Waals surface area contributed by atoms with E-state index in [1.54, 1.807) is 0 Å². The number of ether oxygens (including phenoxy) is 1. The Morgan fingerprint density at radius 3 is 2.38 bits per heavy atom. The highest BCUT2D eigenvalue weighted by Gasteiger charge is 2.27. The summed E-state index contributed by atoms with van der Waals surface area (Å²) in [5, 5.41) is 0. The van der Waals surface area contributed by atoms with Gasteiger partial charge in [-0.2, -0.15) is 17.4 Å². The van der Waals surface area contributed by atoms with Gasteiger partial charge in [0.2, 0.25) is 0 Å². The number of nitrogens with two attached hydrogens (primary N) is 1. The van der Waals surface area contributed by atoms with Crippen molar-refractivity contribution in [2.75, 3.05) is 32.8 Å². The number of nitrogens with zero attached hydrogens (tertiary/aromatic N) is 1. The maximum atomic E-state index is 12.0. The van der Waals surface area contributed by atoms with Gasteiger partial charge < -0.3 is 10.5 Å². The molecule has 6 nitrogen and oxygen atoms in total. The summed E-state index contributed by atoms with van der Waals surface area (Å²) in [6, 6.07) is -0.215. The molecular formula is C9H21N3O3S. The van der Waals surface area contributed by atoms with Crippen LogP contribution in [0.3, 0.4) is 0 Å². The minimum atomic E-state index is -3.42. The zero-order valence-corrected chi connectivity index (χ0v) is 10.7. The number of nitrogens with one attached hydrogen (secondary N) is 1. The molecule has 1 aliphatic rings. The minimum absolute atomic E-state index is 0.181. The van der Waals surface area contributed by atoms with Crippen LogP contribution >= 0.6 is 0 Å². The van der Waals surface area contributed by atoms with E-state index in [0.717, 1.165) is 0 Å². The highest BCUT2D eigenvalue weighted by molar-refractivity contribution is 7.87. The van der Waals surface area contributed by atoms with E-state index in [9.17, 15) is 8.42 Å². The number of morpholine rings is 1. The second-order valence-electron chi connectivity index (χ2n) is 4.22. The fraction of sp³-hybridized carbons (Fsp3) is 1.00. The van der Waals surface area contributed by atoms with Gasteiger partial charge in [0.1, 0.15) is 0 Å². The molecule has 1 rings (SSSR count). The Labute approximate surface area is 97.3 Å². The van der Waals surface area contributed by atoms with E-state index in [-0.39, 0.29) is 12.0 Å². The van der Waals surface area contributed by atoms with Crippen LogP contribution in [0.4, 0.5) is 0 Å². The van der Waals surface area contributed by atoms with E-state index in [1.807, 2.05) is 13.8 Å². The van der Waals surface area contributed by atoms with Crippen molar-refractivity contribution in [3.8, 4) is 0 Å². The van der Waals surface area contributed by atoms with Crippen LogP contribution in [0.1, 0.15) is 13.8 Å². The Bertz CT molecular complexity index is 299. The quantitative estimate of drug-likeness (QED) is 0.665. The summed E-state index contributed by atoms with van der Waals surface area (Å²) >= 11 is 0. The second-order valence-corrected chi connectivity index (χ2v) is 5.92. The van der Waals surface area contributed by atoms with E-state index in [0.29, 0.717) is 32.8 Å². The van der Waals surface area contributed by atoms with Crippen molar-refractivity contribution >= 4 is 10.2 Å². The largest absolute Gasteiger partial charge is 0.379 e. The summed E-state index contributed by atoms with van der Waals surface area (Å²) in [6.45, 7) is 5.92. The van der Waals surface area contributed by atoms with Gasteiger partial charge >= 0.3 is 0 Å². The summed E-state index contributed by atoms with van der Waals surface area (Å²) in [7, 11) is -3.42. The van der Waals surface area contributed by atoms with Crippen LogP contribution in [-0.2, 0) is 14.9 Å². The summed E-state index contributed by atoms with van der Waals surface area (Å²) in [6.07, 6.45) is 0. The lowest BCUT2D eigenvalue weighted by atomic mass is 10.1. The van der Waals surface area contributed by atoms with Crippen LogP contribution in [0.25, 0.3) is 0 Å². The van der Waals surface area contributed by atoms with Crippen LogP contribution in [0.5, 0.6) is 0 Å². The van der Waals surface area contributed by atoms with E-state index >= 15 is 0 Å². The first kappa shape index (κ1) is 13.9. The van der Waals surface area contributed by atoms with Gasteiger partial charge in [0.05, 0.1) is 13.2 Å². The molecule has 1 aliphatic heterocycles. The summed E-state index contributed by atoms with van der Waals surface area (Å²) in [5.74, 6) is 0.181. The first-order valence-corrected chi connectivity index (χ1v) is 6.96. The van der Waals surface area contributed by atoms with Gasteiger partial charge in [-0.3, -0.25) is 0 Å². The van der Waals surface area contributed by atoms with Crippen molar-refractivity contribution in [3.63, 3.8) is 0 Å². The third-order valence-corrected chi connectivity index (χ3v) is 4.31. The molecule has 0 saturated carbocycles. The minimum Gasteiger partial charge on any atom is -0.379 e. The Morgan fingerprint density at radius 1 is 1.38 bits per heavy atom. The van der Waals surface area contributed by atoms with Gasteiger partial charge in [0.15, 0.2) is 0 Å². The molecular weight excluding hydrogens is 230 g/mol. The smallest absolute Gasteiger partial charge is 0.279 e. The number of hydrogen-bond donors (Lipinski definition) is 2. The molecule has 1 unspecified atom stereocenters. The highest BCUT2D eigenvalue weighted by Crippen LogP contribution is 2.07. The average molecular weight is 251 g/mol. The van der Waals surface area contributed by atoms with Crippen molar-refractivity contribution < 1.29 is 13.2 Å². The molecule has 0 aromatic heterocycles. The lowest BCUT2D eigenvalue weighted by Gasteiger charge is -2.29. The fourth-order valence-electron chi connectivity index (χ4n) is 1.51. The van der Waals surface area contributed by atoms with Crippen LogP contribution in [0.2, 0.25) is 0 Å². The van der Waals surface area contributed by atoms with Gasteiger partial charge in [-0.25, -0.2) is 0 Å². The molecule has 1 saturated heterocycles. The van der Waals surface area contributed by atoms with Crippen LogP contribution < -0.4 is 10.5 Å². The predicted octanol–water partition coefficient (Wildman–Crippen LogP) is -0.864. The van der Waals surface area contributed by atoms with Crippen LogP contribution in [-0.4, -0.2) is 51.6 Å². The predicted molar refractivity (Wildman–Crippen MR) is 62.1 cm³/mol. The van der Waals surface area contributed by atoms with Gasteiger partial charge in [-0.05, 0) is 5.92 Å². The first-order chi connectivity index (χ1) is 7.47. The Morgan fingerprint density at radius 2 is 1.94 bits per heavy atom. The van der Waals surface area contributed by atoms with Gasteiger partial charge in [0.25, 0.3) is 10.2 Å². The lowest BCUT2D eigenvalue weighted by Crippen LogP contribution is -2.52. The summed E-state index contributed by atoms with van der Waals surface area (Å²) in [5.41, 5.74) is 5.54. The van der Waals surface area contributed by atoms with E-state index in [1.165, 1.54) is 4.31 Å². The molecule has 3 N–H and O–H groups in total. The van der Waals surface area contributed by atoms with Crippen molar-refractivity contribution in [2.45, 2.75) is 19.9 Å². The Balaban J connectivity index is 2.62. The summed E-state index contributed by atoms with van der Waals surface area (Å²) in [4.78, 5) is 0. The Hall–Kier alpha value is -0.210. The maximum absolute atomic E-state index is 12.0. The lowest BCUT2D eigenvalue weighted by molar-refractivity contribution is 0.0722. The average Bonchev–Trinajstić information content (AvgIpc) is 2.27. The molecule has 16 heavy (non-hydrogen) atoms. The molecule has 0 spiro atoms. The fourth-order valence-corrected chi connectivity index (χ4v) is 3.04. The molecule has 0 bridgehead atoms. The molecule has 96 valence electrons. The SMILES string of the molecule is CC(C)C(CN)NS(=O)(=O)N1CCOCC1.